The summed E-state index contributed by atoms with van der Waals surface area (Å²) in [6.45, 7) is 4.86. The molecule has 0 spiro atoms. The minimum Gasteiger partial charge on any atom is -0.381 e. The summed E-state index contributed by atoms with van der Waals surface area (Å²) in [5, 5.41) is 0. The standard InChI is InChI=1S/C16H25NO/c1-13-4-2-3-5-16(13)11-15(12-17)10-14-6-8-18-9-7-14/h2-5,14-15H,6-12,17H2,1H3. The summed E-state index contributed by atoms with van der Waals surface area (Å²) < 4.78 is 5.42. The van der Waals surface area contributed by atoms with E-state index in [-0.39, 0.29) is 0 Å². The van der Waals surface area contributed by atoms with Crippen LogP contribution < -0.4 is 5.73 Å². The van der Waals surface area contributed by atoms with E-state index < -0.39 is 0 Å². The molecule has 1 heterocycles. The molecule has 1 atom stereocenters. The Morgan fingerprint density at radius 1 is 1.28 bits per heavy atom. The fraction of sp³-hybridized carbons (Fsp3) is 0.625. The molecule has 0 aromatic heterocycles. The van der Waals surface area contributed by atoms with E-state index in [0.717, 1.165) is 32.1 Å². The highest BCUT2D eigenvalue weighted by Crippen LogP contribution is 2.25. The maximum absolute atomic E-state index is 5.96. The highest BCUT2D eigenvalue weighted by atomic mass is 16.5. The van der Waals surface area contributed by atoms with Gasteiger partial charge in [0.25, 0.3) is 0 Å². The molecule has 1 unspecified atom stereocenters. The lowest BCUT2D eigenvalue weighted by molar-refractivity contribution is 0.0589. The summed E-state index contributed by atoms with van der Waals surface area (Å²) in [4.78, 5) is 0. The Kier molecular flexibility index (Phi) is 5.21. The van der Waals surface area contributed by atoms with E-state index in [1.54, 1.807) is 0 Å². The molecule has 1 saturated heterocycles. The Labute approximate surface area is 111 Å². The van der Waals surface area contributed by atoms with Crippen LogP contribution in [0, 0.1) is 18.8 Å². The number of aryl methyl sites for hydroxylation is 1. The van der Waals surface area contributed by atoms with Gasteiger partial charge in [0.1, 0.15) is 0 Å². The monoisotopic (exact) mass is 247 g/mol. The van der Waals surface area contributed by atoms with E-state index in [0.29, 0.717) is 5.92 Å². The summed E-state index contributed by atoms with van der Waals surface area (Å²) in [5.41, 5.74) is 8.81. The summed E-state index contributed by atoms with van der Waals surface area (Å²) >= 11 is 0. The zero-order valence-electron chi connectivity index (χ0n) is 11.4. The molecule has 1 fully saturated rings. The average molecular weight is 247 g/mol. The molecule has 0 aliphatic carbocycles. The smallest absolute Gasteiger partial charge is 0.0468 e. The lowest BCUT2D eigenvalue weighted by Gasteiger charge is -2.26. The van der Waals surface area contributed by atoms with Gasteiger partial charge < -0.3 is 10.5 Å². The first-order valence-corrected chi connectivity index (χ1v) is 7.12. The third-order valence-corrected chi connectivity index (χ3v) is 4.11. The van der Waals surface area contributed by atoms with Gasteiger partial charge >= 0.3 is 0 Å². The first-order valence-electron chi connectivity index (χ1n) is 7.12. The first-order chi connectivity index (χ1) is 8.79. The van der Waals surface area contributed by atoms with Gasteiger partial charge in [-0.25, -0.2) is 0 Å². The van der Waals surface area contributed by atoms with Gasteiger partial charge in [0.05, 0.1) is 0 Å². The Morgan fingerprint density at radius 2 is 2.00 bits per heavy atom. The van der Waals surface area contributed by atoms with Gasteiger partial charge in [-0.15, -0.1) is 0 Å². The molecule has 1 aromatic rings. The van der Waals surface area contributed by atoms with Crippen LogP contribution >= 0.6 is 0 Å². The molecule has 2 N–H and O–H groups in total. The van der Waals surface area contributed by atoms with Gasteiger partial charge in [0, 0.05) is 13.2 Å². The van der Waals surface area contributed by atoms with Gasteiger partial charge in [-0.1, -0.05) is 24.3 Å². The quantitative estimate of drug-likeness (QED) is 0.868. The molecule has 2 rings (SSSR count). The Morgan fingerprint density at radius 3 is 2.67 bits per heavy atom. The lowest BCUT2D eigenvalue weighted by Crippen LogP contribution is -2.24. The molecule has 2 heteroatoms. The molecule has 0 amide bonds. The van der Waals surface area contributed by atoms with Crippen molar-refractivity contribution in [3.8, 4) is 0 Å². The van der Waals surface area contributed by atoms with Crippen LogP contribution in [0.3, 0.4) is 0 Å². The zero-order valence-corrected chi connectivity index (χ0v) is 11.4. The van der Waals surface area contributed by atoms with E-state index in [9.17, 15) is 0 Å². The SMILES string of the molecule is Cc1ccccc1CC(CN)CC1CCOCC1. The van der Waals surface area contributed by atoms with Crippen LogP contribution in [0.25, 0.3) is 0 Å². The van der Waals surface area contributed by atoms with Crippen LogP contribution in [-0.4, -0.2) is 19.8 Å². The van der Waals surface area contributed by atoms with Crippen molar-refractivity contribution in [2.24, 2.45) is 17.6 Å². The van der Waals surface area contributed by atoms with Crippen molar-refractivity contribution < 1.29 is 4.74 Å². The van der Waals surface area contributed by atoms with Crippen LogP contribution in [-0.2, 0) is 11.2 Å². The molecule has 0 bridgehead atoms. The molecule has 2 nitrogen and oxygen atoms in total. The van der Waals surface area contributed by atoms with Crippen molar-refractivity contribution in [1.82, 2.24) is 0 Å². The first kappa shape index (κ1) is 13.6. The second kappa shape index (κ2) is 6.91. The number of hydrogen-bond donors (Lipinski definition) is 1. The van der Waals surface area contributed by atoms with Crippen molar-refractivity contribution in [3.05, 3.63) is 35.4 Å². The van der Waals surface area contributed by atoms with Gasteiger partial charge in [-0.3, -0.25) is 0 Å². The fourth-order valence-corrected chi connectivity index (χ4v) is 2.87. The van der Waals surface area contributed by atoms with Crippen molar-refractivity contribution in [2.75, 3.05) is 19.8 Å². The minimum absolute atomic E-state index is 0.620. The number of hydrogen-bond acceptors (Lipinski definition) is 2. The summed E-state index contributed by atoms with van der Waals surface area (Å²) in [5.74, 6) is 1.44. The molecular weight excluding hydrogens is 222 g/mol. The lowest BCUT2D eigenvalue weighted by atomic mass is 9.85. The fourth-order valence-electron chi connectivity index (χ4n) is 2.87. The molecular formula is C16H25NO. The topological polar surface area (TPSA) is 35.2 Å². The predicted octanol–water partition coefficient (Wildman–Crippen LogP) is 2.93. The summed E-state index contributed by atoms with van der Waals surface area (Å²) in [6.07, 6.45) is 4.81. The Hall–Kier alpha value is -0.860. The van der Waals surface area contributed by atoms with E-state index in [4.69, 9.17) is 10.5 Å². The highest BCUT2D eigenvalue weighted by molar-refractivity contribution is 5.25. The maximum atomic E-state index is 5.96. The largest absolute Gasteiger partial charge is 0.381 e. The van der Waals surface area contributed by atoms with Crippen molar-refractivity contribution >= 4 is 0 Å². The van der Waals surface area contributed by atoms with Crippen LogP contribution in [0.1, 0.15) is 30.4 Å². The van der Waals surface area contributed by atoms with Crippen LogP contribution in [0.4, 0.5) is 0 Å². The van der Waals surface area contributed by atoms with Gasteiger partial charge in [-0.2, -0.15) is 0 Å². The van der Waals surface area contributed by atoms with Crippen molar-refractivity contribution in [3.63, 3.8) is 0 Å². The third-order valence-electron chi connectivity index (χ3n) is 4.11. The maximum Gasteiger partial charge on any atom is 0.0468 e. The van der Waals surface area contributed by atoms with E-state index in [2.05, 4.69) is 31.2 Å². The molecule has 1 aliphatic heterocycles. The van der Waals surface area contributed by atoms with E-state index in [1.165, 1.54) is 30.4 Å². The van der Waals surface area contributed by atoms with Crippen LogP contribution in [0.5, 0.6) is 0 Å². The molecule has 100 valence electrons. The van der Waals surface area contributed by atoms with E-state index >= 15 is 0 Å². The van der Waals surface area contributed by atoms with E-state index in [1.807, 2.05) is 0 Å². The second-order valence-corrected chi connectivity index (χ2v) is 5.52. The molecule has 1 aromatic carbocycles. The van der Waals surface area contributed by atoms with Crippen molar-refractivity contribution in [1.29, 1.82) is 0 Å². The van der Waals surface area contributed by atoms with Crippen LogP contribution in [0.15, 0.2) is 24.3 Å². The zero-order chi connectivity index (χ0) is 12.8. The summed E-state index contributed by atoms with van der Waals surface area (Å²) in [6, 6.07) is 8.67. The van der Waals surface area contributed by atoms with Gasteiger partial charge in [-0.05, 0) is 62.1 Å². The predicted molar refractivity (Wildman–Crippen MR) is 75.6 cm³/mol. The van der Waals surface area contributed by atoms with Gasteiger partial charge in [0.2, 0.25) is 0 Å². The normalized spacial score (nSPS) is 18.8. The third kappa shape index (κ3) is 3.82. The number of benzene rings is 1. The average Bonchev–Trinajstić information content (AvgIpc) is 2.41. The number of ether oxygens (including phenoxy) is 1. The molecule has 1 aliphatic rings. The number of nitrogens with two attached hydrogens (primary N) is 1. The Balaban J connectivity index is 1.90. The molecule has 0 saturated carbocycles. The van der Waals surface area contributed by atoms with Crippen molar-refractivity contribution in [2.45, 2.75) is 32.6 Å². The Bertz CT molecular complexity index is 358. The second-order valence-electron chi connectivity index (χ2n) is 5.52. The minimum atomic E-state index is 0.620. The number of rotatable bonds is 5. The van der Waals surface area contributed by atoms with Gasteiger partial charge in [0.15, 0.2) is 0 Å². The molecule has 0 radical (unpaired) electrons. The summed E-state index contributed by atoms with van der Waals surface area (Å²) in [7, 11) is 0. The van der Waals surface area contributed by atoms with Crippen LogP contribution in [0.2, 0.25) is 0 Å². The highest BCUT2D eigenvalue weighted by Gasteiger charge is 2.19. The molecule has 18 heavy (non-hydrogen) atoms.